The van der Waals surface area contributed by atoms with Crippen molar-refractivity contribution in [2.45, 2.75) is 25.8 Å². The molecular formula is C9H19N3O. The molecule has 4 nitrogen and oxygen atoms in total. The third-order valence-corrected chi connectivity index (χ3v) is 2.44. The van der Waals surface area contributed by atoms with E-state index in [0.717, 1.165) is 32.5 Å². The lowest BCUT2D eigenvalue weighted by Crippen LogP contribution is -2.48. The van der Waals surface area contributed by atoms with E-state index in [1.807, 2.05) is 4.90 Å². The maximum absolute atomic E-state index is 11.1. The standard InChI is InChI=1S/C9H19N3O/c1-8(13)12-6-2-3-9(7-12)11-5-4-10/h9,11H,2-7,10H2,1H3. The monoisotopic (exact) mass is 185 g/mol. The van der Waals surface area contributed by atoms with Crippen LogP contribution >= 0.6 is 0 Å². The van der Waals surface area contributed by atoms with Gasteiger partial charge in [-0.05, 0) is 12.8 Å². The summed E-state index contributed by atoms with van der Waals surface area (Å²) < 4.78 is 0. The summed E-state index contributed by atoms with van der Waals surface area (Å²) >= 11 is 0. The van der Waals surface area contributed by atoms with Gasteiger partial charge in [0.2, 0.25) is 5.91 Å². The van der Waals surface area contributed by atoms with E-state index in [1.165, 1.54) is 0 Å². The van der Waals surface area contributed by atoms with E-state index in [-0.39, 0.29) is 5.91 Å². The minimum Gasteiger partial charge on any atom is -0.341 e. The summed E-state index contributed by atoms with van der Waals surface area (Å²) in [5.41, 5.74) is 5.40. The van der Waals surface area contributed by atoms with Crippen LogP contribution in [-0.4, -0.2) is 43.0 Å². The van der Waals surface area contributed by atoms with Gasteiger partial charge in [-0.15, -0.1) is 0 Å². The number of rotatable bonds is 3. The van der Waals surface area contributed by atoms with Crippen molar-refractivity contribution in [3.8, 4) is 0 Å². The van der Waals surface area contributed by atoms with Crippen molar-refractivity contribution in [1.82, 2.24) is 10.2 Å². The molecule has 0 radical (unpaired) electrons. The number of likely N-dealkylation sites (tertiary alicyclic amines) is 1. The average molecular weight is 185 g/mol. The molecule has 13 heavy (non-hydrogen) atoms. The molecular weight excluding hydrogens is 166 g/mol. The van der Waals surface area contributed by atoms with Gasteiger partial charge in [-0.3, -0.25) is 4.79 Å². The predicted molar refractivity (Wildman–Crippen MR) is 52.3 cm³/mol. The van der Waals surface area contributed by atoms with Crippen LogP contribution in [0.5, 0.6) is 0 Å². The molecule has 1 rings (SSSR count). The molecule has 1 atom stereocenters. The molecule has 0 aliphatic carbocycles. The van der Waals surface area contributed by atoms with Crippen LogP contribution in [-0.2, 0) is 4.79 Å². The molecule has 0 aromatic heterocycles. The van der Waals surface area contributed by atoms with Gasteiger partial charge in [0, 0.05) is 39.1 Å². The summed E-state index contributed by atoms with van der Waals surface area (Å²) in [4.78, 5) is 13.0. The minimum atomic E-state index is 0.180. The van der Waals surface area contributed by atoms with Crippen LogP contribution in [0.4, 0.5) is 0 Å². The number of hydrogen-bond donors (Lipinski definition) is 2. The number of piperidine rings is 1. The Morgan fingerprint density at radius 1 is 1.69 bits per heavy atom. The second-order valence-electron chi connectivity index (χ2n) is 3.55. The molecule has 0 spiro atoms. The van der Waals surface area contributed by atoms with Gasteiger partial charge < -0.3 is 16.0 Å². The highest BCUT2D eigenvalue weighted by Crippen LogP contribution is 2.09. The summed E-state index contributed by atoms with van der Waals surface area (Å²) in [5, 5.41) is 3.34. The third-order valence-electron chi connectivity index (χ3n) is 2.44. The van der Waals surface area contributed by atoms with Crippen LogP contribution in [0, 0.1) is 0 Å². The quantitative estimate of drug-likeness (QED) is 0.626. The van der Waals surface area contributed by atoms with Crippen molar-refractivity contribution < 1.29 is 4.79 Å². The Morgan fingerprint density at radius 3 is 3.08 bits per heavy atom. The predicted octanol–water partition coefficient (Wildman–Crippen LogP) is -0.454. The first-order valence-corrected chi connectivity index (χ1v) is 4.93. The minimum absolute atomic E-state index is 0.180. The molecule has 1 heterocycles. The largest absolute Gasteiger partial charge is 0.341 e. The van der Waals surface area contributed by atoms with Gasteiger partial charge in [-0.1, -0.05) is 0 Å². The van der Waals surface area contributed by atoms with E-state index in [4.69, 9.17) is 5.73 Å². The van der Waals surface area contributed by atoms with E-state index in [1.54, 1.807) is 6.92 Å². The molecule has 0 bridgehead atoms. The summed E-state index contributed by atoms with van der Waals surface area (Å²) in [6.45, 7) is 4.89. The van der Waals surface area contributed by atoms with E-state index in [2.05, 4.69) is 5.32 Å². The molecule has 0 aromatic carbocycles. The first kappa shape index (κ1) is 10.5. The van der Waals surface area contributed by atoms with Crippen molar-refractivity contribution in [3.05, 3.63) is 0 Å². The molecule has 1 saturated heterocycles. The van der Waals surface area contributed by atoms with Gasteiger partial charge in [0.1, 0.15) is 0 Å². The normalized spacial score (nSPS) is 23.2. The number of amides is 1. The second kappa shape index (κ2) is 5.19. The summed E-state index contributed by atoms with van der Waals surface area (Å²) in [7, 11) is 0. The second-order valence-corrected chi connectivity index (χ2v) is 3.55. The van der Waals surface area contributed by atoms with Crippen LogP contribution in [0.3, 0.4) is 0 Å². The van der Waals surface area contributed by atoms with Crippen LogP contribution < -0.4 is 11.1 Å². The van der Waals surface area contributed by atoms with Gasteiger partial charge in [0.25, 0.3) is 0 Å². The Bertz CT molecular complexity index is 172. The van der Waals surface area contributed by atoms with Crippen molar-refractivity contribution in [2.24, 2.45) is 5.73 Å². The van der Waals surface area contributed by atoms with Crippen LogP contribution in [0.25, 0.3) is 0 Å². The molecule has 1 unspecified atom stereocenters. The van der Waals surface area contributed by atoms with E-state index in [9.17, 15) is 4.79 Å². The highest BCUT2D eigenvalue weighted by atomic mass is 16.2. The van der Waals surface area contributed by atoms with Gasteiger partial charge in [-0.25, -0.2) is 0 Å². The number of nitrogens with one attached hydrogen (secondary N) is 1. The fraction of sp³-hybridized carbons (Fsp3) is 0.889. The molecule has 0 saturated carbocycles. The smallest absolute Gasteiger partial charge is 0.219 e. The molecule has 1 fully saturated rings. The van der Waals surface area contributed by atoms with Crippen LogP contribution in [0.1, 0.15) is 19.8 Å². The first-order valence-electron chi connectivity index (χ1n) is 4.93. The maximum atomic E-state index is 11.1. The van der Waals surface area contributed by atoms with Gasteiger partial charge in [0.05, 0.1) is 0 Å². The number of hydrogen-bond acceptors (Lipinski definition) is 3. The number of nitrogens with zero attached hydrogens (tertiary/aromatic N) is 1. The van der Waals surface area contributed by atoms with Crippen molar-refractivity contribution in [3.63, 3.8) is 0 Å². The molecule has 1 amide bonds. The Labute approximate surface area is 79.5 Å². The zero-order valence-electron chi connectivity index (χ0n) is 8.25. The highest BCUT2D eigenvalue weighted by molar-refractivity contribution is 5.73. The SMILES string of the molecule is CC(=O)N1CCCC(NCCN)C1. The zero-order valence-corrected chi connectivity index (χ0v) is 8.25. The van der Waals surface area contributed by atoms with Crippen molar-refractivity contribution in [1.29, 1.82) is 0 Å². The average Bonchev–Trinajstić information content (AvgIpc) is 2.15. The lowest BCUT2D eigenvalue weighted by atomic mass is 10.1. The molecule has 4 heteroatoms. The van der Waals surface area contributed by atoms with Gasteiger partial charge >= 0.3 is 0 Å². The van der Waals surface area contributed by atoms with Crippen LogP contribution in [0.15, 0.2) is 0 Å². The number of carbonyl (C=O) groups is 1. The third kappa shape index (κ3) is 3.32. The topological polar surface area (TPSA) is 58.4 Å². The fourth-order valence-electron chi connectivity index (χ4n) is 1.72. The Balaban J connectivity index is 2.29. The Hall–Kier alpha value is -0.610. The molecule has 76 valence electrons. The van der Waals surface area contributed by atoms with Crippen molar-refractivity contribution in [2.75, 3.05) is 26.2 Å². The molecule has 1 aliphatic heterocycles. The Morgan fingerprint density at radius 2 is 2.46 bits per heavy atom. The summed E-state index contributed by atoms with van der Waals surface area (Å²) in [6.07, 6.45) is 2.26. The summed E-state index contributed by atoms with van der Waals surface area (Å²) in [6, 6.07) is 0.446. The number of carbonyl (C=O) groups excluding carboxylic acids is 1. The lowest BCUT2D eigenvalue weighted by molar-refractivity contribution is -0.130. The summed E-state index contributed by atoms with van der Waals surface area (Å²) in [5.74, 6) is 0.180. The van der Waals surface area contributed by atoms with E-state index >= 15 is 0 Å². The van der Waals surface area contributed by atoms with Gasteiger partial charge in [0.15, 0.2) is 0 Å². The zero-order chi connectivity index (χ0) is 9.68. The fourth-order valence-corrected chi connectivity index (χ4v) is 1.72. The van der Waals surface area contributed by atoms with Crippen molar-refractivity contribution >= 4 is 5.91 Å². The first-order chi connectivity index (χ1) is 6.24. The maximum Gasteiger partial charge on any atom is 0.219 e. The highest BCUT2D eigenvalue weighted by Gasteiger charge is 2.20. The van der Waals surface area contributed by atoms with E-state index < -0.39 is 0 Å². The molecule has 3 N–H and O–H groups in total. The Kier molecular flexibility index (Phi) is 4.18. The van der Waals surface area contributed by atoms with Crippen LogP contribution in [0.2, 0.25) is 0 Å². The molecule has 1 aliphatic rings. The molecule has 0 aromatic rings. The lowest BCUT2D eigenvalue weighted by Gasteiger charge is -2.32. The van der Waals surface area contributed by atoms with Gasteiger partial charge in [-0.2, -0.15) is 0 Å². The van der Waals surface area contributed by atoms with E-state index in [0.29, 0.717) is 12.6 Å². The number of nitrogens with two attached hydrogens (primary N) is 1.